The molecule has 0 aromatic heterocycles. The first-order chi connectivity index (χ1) is 11.2. The van der Waals surface area contributed by atoms with Crippen molar-refractivity contribution >= 4 is 18.0 Å². The van der Waals surface area contributed by atoms with Gasteiger partial charge in [0.25, 0.3) is 0 Å². The number of ether oxygens (including phenoxy) is 2. The predicted molar refractivity (Wildman–Crippen MR) is 87.2 cm³/mol. The summed E-state index contributed by atoms with van der Waals surface area (Å²) in [6, 6.07) is -0.300. The van der Waals surface area contributed by atoms with Crippen LogP contribution in [0, 0.1) is 5.92 Å². The Bertz CT molecular complexity index is 500. The number of amides is 2. The van der Waals surface area contributed by atoms with Gasteiger partial charge in [-0.15, -0.1) is 0 Å². The van der Waals surface area contributed by atoms with Gasteiger partial charge < -0.3 is 19.7 Å². The molecule has 0 saturated carbocycles. The third kappa shape index (κ3) is 4.39. The topological polar surface area (TPSA) is 84.9 Å². The van der Waals surface area contributed by atoms with Crippen LogP contribution in [-0.4, -0.2) is 54.2 Å². The van der Waals surface area contributed by atoms with Crippen LogP contribution >= 0.6 is 0 Å². The zero-order chi connectivity index (χ0) is 17.9. The summed E-state index contributed by atoms with van der Waals surface area (Å²) in [7, 11) is 1.35. The smallest absolute Gasteiger partial charge is 0.407 e. The van der Waals surface area contributed by atoms with E-state index >= 15 is 0 Å². The summed E-state index contributed by atoms with van der Waals surface area (Å²) in [6.07, 6.45) is 3.30. The number of piperidine rings is 1. The standard InChI is InChI=1S/C17H28N2O5/c1-17(2,3)24-16(22)18-10-9-11-5-6-12-7-8-13(15(21)23-4)19(12)14(11)20/h11-13H,5-10H2,1-4H3,(H,18,22)/t11-,12+,13+/m0/s1. The number of alkyl carbamates (subject to hydrolysis) is 1. The Labute approximate surface area is 143 Å². The first-order valence-electron chi connectivity index (χ1n) is 8.60. The van der Waals surface area contributed by atoms with E-state index in [1.807, 2.05) is 0 Å². The van der Waals surface area contributed by atoms with Gasteiger partial charge in [-0.1, -0.05) is 0 Å². The van der Waals surface area contributed by atoms with Crippen LogP contribution in [0.25, 0.3) is 0 Å². The van der Waals surface area contributed by atoms with E-state index in [9.17, 15) is 14.4 Å². The molecule has 1 N–H and O–H groups in total. The second kappa shape index (κ2) is 7.40. The number of carbonyl (C=O) groups excluding carboxylic acids is 3. The highest BCUT2D eigenvalue weighted by Crippen LogP contribution is 2.36. The Morgan fingerprint density at radius 2 is 1.88 bits per heavy atom. The van der Waals surface area contributed by atoms with Gasteiger partial charge in [0.1, 0.15) is 11.6 Å². The molecule has 2 rings (SSSR count). The van der Waals surface area contributed by atoms with E-state index in [-0.39, 0.29) is 23.8 Å². The lowest BCUT2D eigenvalue weighted by molar-refractivity contribution is -0.156. The molecular weight excluding hydrogens is 312 g/mol. The number of hydrogen-bond donors (Lipinski definition) is 1. The molecule has 2 amide bonds. The molecular formula is C17H28N2O5. The predicted octanol–water partition coefficient (Wildman–Crippen LogP) is 1.84. The van der Waals surface area contributed by atoms with Crippen molar-refractivity contribution in [1.29, 1.82) is 0 Å². The van der Waals surface area contributed by atoms with Crippen LogP contribution in [0.2, 0.25) is 0 Å². The average Bonchev–Trinajstić information content (AvgIpc) is 2.91. The first kappa shape index (κ1) is 18.5. The molecule has 0 bridgehead atoms. The fraction of sp³-hybridized carbons (Fsp3) is 0.824. The minimum Gasteiger partial charge on any atom is -0.467 e. The summed E-state index contributed by atoms with van der Waals surface area (Å²) in [4.78, 5) is 38.0. The number of methoxy groups -OCH3 is 1. The minimum atomic E-state index is -0.540. The maximum absolute atomic E-state index is 12.7. The fourth-order valence-electron chi connectivity index (χ4n) is 3.53. The van der Waals surface area contributed by atoms with E-state index in [1.54, 1.807) is 25.7 Å². The highest BCUT2D eigenvalue weighted by atomic mass is 16.6. The van der Waals surface area contributed by atoms with E-state index in [0.717, 1.165) is 19.3 Å². The van der Waals surface area contributed by atoms with Crippen LogP contribution in [0.4, 0.5) is 4.79 Å². The van der Waals surface area contributed by atoms with E-state index in [2.05, 4.69) is 5.32 Å². The van der Waals surface area contributed by atoms with Crippen LogP contribution < -0.4 is 5.32 Å². The number of esters is 1. The monoisotopic (exact) mass is 340 g/mol. The number of rotatable bonds is 4. The Hall–Kier alpha value is -1.79. The SMILES string of the molecule is COC(=O)[C@H]1CC[C@H]2CC[C@@H](CCNC(=O)OC(C)(C)C)C(=O)N21. The van der Waals surface area contributed by atoms with Gasteiger partial charge in [-0.05, 0) is 52.9 Å². The Morgan fingerprint density at radius 3 is 2.50 bits per heavy atom. The highest BCUT2D eigenvalue weighted by Gasteiger charge is 2.46. The summed E-state index contributed by atoms with van der Waals surface area (Å²) >= 11 is 0. The van der Waals surface area contributed by atoms with Gasteiger partial charge in [0, 0.05) is 18.5 Å². The minimum absolute atomic E-state index is 0.00476. The van der Waals surface area contributed by atoms with Crippen molar-refractivity contribution in [3.8, 4) is 0 Å². The maximum atomic E-state index is 12.7. The van der Waals surface area contributed by atoms with Gasteiger partial charge in [-0.3, -0.25) is 4.79 Å². The molecule has 2 heterocycles. The second-order valence-electron chi connectivity index (χ2n) is 7.51. The van der Waals surface area contributed by atoms with Crippen LogP contribution in [-0.2, 0) is 19.1 Å². The summed E-state index contributed by atoms with van der Waals surface area (Å²) in [5, 5.41) is 2.69. The normalized spacial score (nSPS) is 26.8. The molecule has 0 unspecified atom stereocenters. The molecule has 3 atom stereocenters. The van der Waals surface area contributed by atoms with Gasteiger partial charge in [-0.25, -0.2) is 9.59 Å². The Kier molecular flexibility index (Phi) is 5.72. The zero-order valence-electron chi connectivity index (χ0n) is 15.0. The molecule has 0 aromatic rings. The molecule has 136 valence electrons. The van der Waals surface area contributed by atoms with Crippen molar-refractivity contribution in [1.82, 2.24) is 10.2 Å². The van der Waals surface area contributed by atoms with Gasteiger partial charge >= 0.3 is 12.1 Å². The van der Waals surface area contributed by atoms with Crippen molar-refractivity contribution in [2.24, 2.45) is 5.92 Å². The number of hydrogen-bond acceptors (Lipinski definition) is 5. The summed E-state index contributed by atoms with van der Waals surface area (Å²) in [5.74, 6) is -0.495. The fourth-order valence-corrected chi connectivity index (χ4v) is 3.53. The number of carbonyl (C=O) groups is 3. The van der Waals surface area contributed by atoms with Crippen molar-refractivity contribution in [3.05, 3.63) is 0 Å². The third-order valence-electron chi connectivity index (χ3n) is 4.59. The van der Waals surface area contributed by atoms with Gasteiger partial charge in [-0.2, -0.15) is 0 Å². The number of nitrogens with one attached hydrogen (secondary N) is 1. The summed E-state index contributed by atoms with van der Waals surface area (Å²) in [5.41, 5.74) is -0.540. The molecule has 0 aliphatic carbocycles. The summed E-state index contributed by atoms with van der Waals surface area (Å²) < 4.78 is 10.00. The molecule has 0 spiro atoms. The molecule has 2 fully saturated rings. The highest BCUT2D eigenvalue weighted by molar-refractivity contribution is 5.87. The lowest BCUT2D eigenvalue weighted by Crippen LogP contribution is -2.51. The van der Waals surface area contributed by atoms with E-state index in [4.69, 9.17) is 9.47 Å². The lowest BCUT2D eigenvalue weighted by atomic mass is 9.90. The Balaban J connectivity index is 1.86. The molecule has 2 aliphatic rings. The molecule has 2 aliphatic heterocycles. The Morgan fingerprint density at radius 1 is 1.21 bits per heavy atom. The first-order valence-corrected chi connectivity index (χ1v) is 8.60. The van der Waals surface area contributed by atoms with Crippen molar-refractivity contribution in [2.75, 3.05) is 13.7 Å². The molecule has 7 nitrogen and oxygen atoms in total. The third-order valence-corrected chi connectivity index (χ3v) is 4.59. The van der Waals surface area contributed by atoms with E-state index in [1.165, 1.54) is 7.11 Å². The van der Waals surface area contributed by atoms with Gasteiger partial charge in [0.05, 0.1) is 7.11 Å². The number of fused-ring (bicyclic) bond motifs is 1. The van der Waals surface area contributed by atoms with E-state index < -0.39 is 17.7 Å². The van der Waals surface area contributed by atoms with Crippen molar-refractivity contribution in [3.63, 3.8) is 0 Å². The van der Waals surface area contributed by atoms with E-state index in [0.29, 0.717) is 19.4 Å². The molecule has 24 heavy (non-hydrogen) atoms. The number of nitrogens with zero attached hydrogens (tertiary/aromatic N) is 1. The molecule has 0 aromatic carbocycles. The van der Waals surface area contributed by atoms with Crippen molar-refractivity contribution < 1.29 is 23.9 Å². The zero-order valence-corrected chi connectivity index (χ0v) is 15.0. The van der Waals surface area contributed by atoms with Gasteiger partial charge in [0.15, 0.2) is 0 Å². The van der Waals surface area contributed by atoms with Crippen molar-refractivity contribution in [2.45, 2.75) is 70.6 Å². The molecule has 2 saturated heterocycles. The summed E-state index contributed by atoms with van der Waals surface area (Å²) in [6.45, 7) is 5.79. The molecule has 7 heteroatoms. The quantitative estimate of drug-likeness (QED) is 0.790. The van der Waals surface area contributed by atoms with Gasteiger partial charge in [0.2, 0.25) is 5.91 Å². The maximum Gasteiger partial charge on any atom is 0.407 e. The van der Waals surface area contributed by atoms with Crippen LogP contribution in [0.5, 0.6) is 0 Å². The van der Waals surface area contributed by atoms with Crippen LogP contribution in [0.15, 0.2) is 0 Å². The average molecular weight is 340 g/mol. The lowest BCUT2D eigenvalue weighted by Gasteiger charge is -2.37. The van der Waals surface area contributed by atoms with Crippen LogP contribution in [0.1, 0.15) is 52.9 Å². The largest absolute Gasteiger partial charge is 0.467 e. The van der Waals surface area contributed by atoms with Crippen LogP contribution in [0.3, 0.4) is 0 Å². The second-order valence-corrected chi connectivity index (χ2v) is 7.51. The molecule has 0 radical (unpaired) electrons.